The molecule has 0 saturated heterocycles. The third-order valence-electron chi connectivity index (χ3n) is 5.67. The van der Waals surface area contributed by atoms with Crippen LogP contribution in [-0.2, 0) is 16.6 Å². The minimum Gasteiger partial charge on any atom is -0.488 e. The summed E-state index contributed by atoms with van der Waals surface area (Å²) < 4.78 is 47.3. The Morgan fingerprint density at radius 2 is 1.89 bits per heavy atom. The van der Waals surface area contributed by atoms with Gasteiger partial charge in [0.25, 0.3) is 10.0 Å². The molecule has 36 heavy (non-hydrogen) atoms. The van der Waals surface area contributed by atoms with E-state index in [2.05, 4.69) is 10.0 Å². The summed E-state index contributed by atoms with van der Waals surface area (Å²) in [5.41, 5.74) is 2.15. The number of halogens is 1. The molecule has 0 spiro atoms. The van der Waals surface area contributed by atoms with Crippen LogP contribution in [0.2, 0.25) is 5.02 Å². The first-order chi connectivity index (χ1) is 17.4. The van der Waals surface area contributed by atoms with Crippen molar-refractivity contribution in [2.75, 3.05) is 31.1 Å². The molecule has 5 rings (SSSR count). The number of thiophene rings is 1. The van der Waals surface area contributed by atoms with E-state index in [0.717, 1.165) is 15.6 Å². The van der Waals surface area contributed by atoms with Crippen molar-refractivity contribution in [3.63, 3.8) is 0 Å². The van der Waals surface area contributed by atoms with Gasteiger partial charge in [0.2, 0.25) is 5.75 Å². The molecule has 0 atom stereocenters. The lowest BCUT2D eigenvalue weighted by Gasteiger charge is -2.20. The molecule has 7 nitrogen and oxygen atoms in total. The smallest absolute Gasteiger partial charge is 0.271 e. The number of nitrogens with one attached hydrogen (secondary N) is 2. The number of anilines is 1. The maximum atomic E-state index is 13.1. The first kappa shape index (κ1) is 24.7. The first-order valence-corrected chi connectivity index (χ1v) is 14.1. The van der Waals surface area contributed by atoms with Crippen molar-refractivity contribution < 1.29 is 22.6 Å². The number of hydrogen-bond donors (Lipinski definition) is 2. The molecule has 0 amide bonds. The topological polar surface area (TPSA) is 85.9 Å². The van der Waals surface area contributed by atoms with E-state index in [0.29, 0.717) is 66.4 Å². The highest BCUT2D eigenvalue weighted by Gasteiger charge is 2.22. The lowest BCUT2D eigenvalue weighted by Crippen LogP contribution is -2.21. The first-order valence-electron chi connectivity index (χ1n) is 11.4. The van der Waals surface area contributed by atoms with Gasteiger partial charge in [-0.25, -0.2) is 8.42 Å². The molecular weight excluding hydrogens is 520 g/mol. The lowest BCUT2D eigenvalue weighted by atomic mass is 10.2. The second-order valence-corrected chi connectivity index (χ2v) is 11.6. The second-order valence-electron chi connectivity index (χ2n) is 8.27. The molecule has 0 saturated carbocycles. The zero-order chi connectivity index (χ0) is 25.1. The van der Waals surface area contributed by atoms with E-state index in [1.807, 2.05) is 42.5 Å². The Labute approximate surface area is 219 Å². The number of fused-ring (bicyclic) bond motifs is 2. The van der Waals surface area contributed by atoms with Crippen molar-refractivity contribution in [2.45, 2.75) is 17.7 Å². The van der Waals surface area contributed by atoms with Crippen molar-refractivity contribution in [3.8, 4) is 17.2 Å². The van der Waals surface area contributed by atoms with Crippen molar-refractivity contribution in [3.05, 3.63) is 76.8 Å². The largest absolute Gasteiger partial charge is 0.488 e. The van der Waals surface area contributed by atoms with Crippen LogP contribution in [-0.4, -0.2) is 34.8 Å². The Morgan fingerprint density at radius 3 is 2.78 bits per heavy atom. The highest BCUT2D eigenvalue weighted by molar-refractivity contribution is 7.94. The predicted molar refractivity (Wildman–Crippen MR) is 143 cm³/mol. The van der Waals surface area contributed by atoms with Gasteiger partial charge in [-0.3, -0.25) is 4.72 Å². The normalized spacial score (nSPS) is 13.1. The Hall–Kier alpha value is -2.98. The lowest BCUT2D eigenvalue weighted by molar-refractivity contribution is 0.162. The van der Waals surface area contributed by atoms with E-state index in [4.69, 9.17) is 25.8 Å². The number of sulfonamides is 1. The molecule has 2 heterocycles. The highest BCUT2D eigenvalue weighted by atomic mass is 35.5. The molecule has 1 aliphatic heterocycles. The van der Waals surface area contributed by atoms with Gasteiger partial charge in [-0.2, -0.15) is 0 Å². The molecule has 1 aromatic heterocycles. The Bertz CT molecular complexity index is 1500. The van der Waals surface area contributed by atoms with Crippen LogP contribution in [0.5, 0.6) is 17.2 Å². The molecule has 10 heteroatoms. The van der Waals surface area contributed by atoms with Crippen molar-refractivity contribution in [1.29, 1.82) is 0 Å². The molecule has 0 bridgehead atoms. The van der Waals surface area contributed by atoms with Gasteiger partial charge in [0, 0.05) is 28.5 Å². The third-order valence-corrected chi connectivity index (χ3v) is 9.18. The maximum absolute atomic E-state index is 13.1. The van der Waals surface area contributed by atoms with Gasteiger partial charge in [-0.1, -0.05) is 29.8 Å². The van der Waals surface area contributed by atoms with Gasteiger partial charge >= 0.3 is 0 Å². The van der Waals surface area contributed by atoms with Crippen LogP contribution in [0.4, 0.5) is 5.69 Å². The SMILES string of the molecule is Cc1c(S(=O)(=O)Nc2cccc(CNCCOc3cccc4c3OCCO4)c2)sc2ccc(Cl)cc12. The van der Waals surface area contributed by atoms with Gasteiger partial charge in [0.1, 0.15) is 24.0 Å². The molecule has 4 aromatic rings. The monoisotopic (exact) mass is 544 g/mol. The fourth-order valence-electron chi connectivity index (χ4n) is 4.00. The summed E-state index contributed by atoms with van der Waals surface area (Å²) in [6.45, 7) is 4.45. The van der Waals surface area contributed by atoms with Crippen molar-refractivity contribution in [1.82, 2.24) is 5.32 Å². The Morgan fingerprint density at radius 1 is 1.06 bits per heavy atom. The van der Waals surface area contributed by atoms with Crippen LogP contribution in [0, 0.1) is 6.92 Å². The van der Waals surface area contributed by atoms with Crippen LogP contribution in [0.3, 0.4) is 0 Å². The van der Waals surface area contributed by atoms with E-state index in [-0.39, 0.29) is 4.21 Å². The Kier molecular flexibility index (Phi) is 7.25. The quantitative estimate of drug-likeness (QED) is 0.267. The zero-order valence-electron chi connectivity index (χ0n) is 19.5. The minimum absolute atomic E-state index is 0.290. The molecule has 188 valence electrons. The molecule has 0 fully saturated rings. The second kappa shape index (κ2) is 10.6. The van der Waals surface area contributed by atoms with E-state index < -0.39 is 10.0 Å². The summed E-state index contributed by atoms with van der Waals surface area (Å²) in [6, 6.07) is 18.3. The highest BCUT2D eigenvalue weighted by Crippen LogP contribution is 2.39. The molecule has 2 N–H and O–H groups in total. The van der Waals surface area contributed by atoms with Crippen LogP contribution in [0.25, 0.3) is 10.1 Å². The molecule has 0 aliphatic carbocycles. The fourth-order valence-corrected chi connectivity index (χ4v) is 6.97. The van der Waals surface area contributed by atoms with E-state index >= 15 is 0 Å². The molecular formula is C26H25ClN2O5S2. The Balaban J connectivity index is 1.18. The van der Waals surface area contributed by atoms with Crippen molar-refractivity contribution in [2.24, 2.45) is 0 Å². The van der Waals surface area contributed by atoms with Gasteiger partial charge < -0.3 is 19.5 Å². The van der Waals surface area contributed by atoms with Crippen LogP contribution in [0.1, 0.15) is 11.1 Å². The summed E-state index contributed by atoms with van der Waals surface area (Å²) in [5.74, 6) is 1.99. The van der Waals surface area contributed by atoms with Gasteiger partial charge in [0.15, 0.2) is 11.5 Å². The van der Waals surface area contributed by atoms with Gasteiger partial charge in [-0.05, 0) is 65.9 Å². The molecule has 1 aliphatic rings. The summed E-state index contributed by atoms with van der Waals surface area (Å²) in [4.78, 5) is 0. The molecule has 3 aromatic carbocycles. The van der Waals surface area contributed by atoms with Crippen LogP contribution >= 0.6 is 22.9 Å². The van der Waals surface area contributed by atoms with Crippen molar-refractivity contribution >= 4 is 48.7 Å². The fraction of sp³-hybridized carbons (Fsp3) is 0.231. The van der Waals surface area contributed by atoms with Gasteiger partial charge in [0.05, 0.1) is 0 Å². The number of hydrogen-bond acceptors (Lipinski definition) is 7. The number of aryl methyl sites for hydroxylation is 1. The predicted octanol–water partition coefficient (Wildman–Crippen LogP) is 5.60. The van der Waals surface area contributed by atoms with E-state index in [1.54, 1.807) is 25.1 Å². The number of ether oxygens (including phenoxy) is 3. The van der Waals surface area contributed by atoms with E-state index in [1.165, 1.54) is 11.3 Å². The summed E-state index contributed by atoms with van der Waals surface area (Å²) >= 11 is 7.33. The maximum Gasteiger partial charge on any atom is 0.271 e. The summed E-state index contributed by atoms with van der Waals surface area (Å²) in [7, 11) is -3.74. The minimum atomic E-state index is -3.74. The van der Waals surface area contributed by atoms with Crippen LogP contribution < -0.4 is 24.2 Å². The molecule has 0 radical (unpaired) electrons. The zero-order valence-corrected chi connectivity index (χ0v) is 21.9. The number of para-hydroxylation sites is 1. The van der Waals surface area contributed by atoms with Gasteiger partial charge in [-0.15, -0.1) is 11.3 Å². The standard InChI is InChI=1S/C26H25ClN2O5S2/c1-17-21-15-19(27)8-9-24(21)35-26(17)36(30,31)29-20-5-2-4-18(14-20)16-28-10-11-32-22-6-3-7-23-25(22)34-13-12-33-23/h2-9,14-15,28-29H,10-13,16H2,1H3. The average molecular weight is 545 g/mol. The number of rotatable bonds is 9. The van der Waals surface area contributed by atoms with Crippen LogP contribution in [0.15, 0.2) is 64.9 Å². The average Bonchev–Trinajstić information content (AvgIpc) is 3.20. The van der Waals surface area contributed by atoms with E-state index in [9.17, 15) is 8.42 Å². The summed E-state index contributed by atoms with van der Waals surface area (Å²) in [6.07, 6.45) is 0. The third kappa shape index (κ3) is 5.39. The molecule has 0 unspecified atom stereocenters. The number of benzene rings is 3. The summed E-state index contributed by atoms with van der Waals surface area (Å²) in [5, 5.41) is 4.75.